The molecule has 0 unspecified atom stereocenters. The van der Waals surface area contributed by atoms with Crippen molar-refractivity contribution >= 4 is 28.3 Å². The van der Waals surface area contributed by atoms with Gasteiger partial charge in [0, 0.05) is 18.1 Å². The summed E-state index contributed by atoms with van der Waals surface area (Å²) in [5, 5.41) is 2.02. The molecule has 0 radical (unpaired) electrons. The topological polar surface area (TPSA) is 33.2 Å². The van der Waals surface area contributed by atoms with Crippen molar-refractivity contribution in [2.24, 2.45) is 5.92 Å². The number of hydrogen-bond donors (Lipinski definition) is 0. The number of benzene rings is 1. The van der Waals surface area contributed by atoms with Crippen LogP contribution in [0.15, 0.2) is 30.5 Å². The average molecular weight is 299 g/mol. The Morgan fingerprint density at radius 2 is 2.10 bits per heavy atom. The number of halogens is 1. The lowest BCUT2D eigenvalue weighted by atomic mass is 10.1. The standard InChI is InChI=1S/C17H15ClN2O/c1-2-9-20(11-12-7-8-12)17(21)15-10-19-16(18)14-6-4-3-5-13(14)15/h1,3-6,10,12H,7-9,11H2. The van der Waals surface area contributed by atoms with Crippen molar-refractivity contribution in [3.8, 4) is 12.3 Å². The first-order valence-electron chi connectivity index (χ1n) is 6.96. The van der Waals surface area contributed by atoms with Gasteiger partial charge in [0.1, 0.15) is 5.15 Å². The smallest absolute Gasteiger partial charge is 0.256 e. The summed E-state index contributed by atoms with van der Waals surface area (Å²) in [4.78, 5) is 18.6. The summed E-state index contributed by atoms with van der Waals surface area (Å²) < 4.78 is 0. The minimum atomic E-state index is -0.0692. The summed E-state index contributed by atoms with van der Waals surface area (Å²) in [5.74, 6) is 3.09. The second kappa shape index (κ2) is 5.75. The van der Waals surface area contributed by atoms with Crippen LogP contribution in [-0.2, 0) is 0 Å². The van der Waals surface area contributed by atoms with Crippen LogP contribution in [0.5, 0.6) is 0 Å². The summed E-state index contributed by atoms with van der Waals surface area (Å²) in [5.41, 5.74) is 0.561. The zero-order valence-electron chi connectivity index (χ0n) is 11.6. The molecule has 0 bridgehead atoms. The Bertz CT molecular complexity index is 731. The Morgan fingerprint density at radius 3 is 2.76 bits per heavy atom. The number of rotatable bonds is 4. The molecule has 106 valence electrons. The van der Waals surface area contributed by atoms with E-state index in [0.717, 1.165) is 17.3 Å². The van der Waals surface area contributed by atoms with Gasteiger partial charge in [-0.3, -0.25) is 4.79 Å². The van der Waals surface area contributed by atoms with Crippen molar-refractivity contribution in [1.29, 1.82) is 0 Å². The normalized spacial score (nSPS) is 13.9. The fourth-order valence-corrected chi connectivity index (χ4v) is 2.65. The third kappa shape index (κ3) is 2.86. The van der Waals surface area contributed by atoms with Crippen LogP contribution < -0.4 is 0 Å². The van der Waals surface area contributed by atoms with Gasteiger partial charge in [0.05, 0.1) is 12.1 Å². The van der Waals surface area contributed by atoms with Gasteiger partial charge in [0.2, 0.25) is 0 Å². The van der Waals surface area contributed by atoms with E-state index in [2.05, 4.69) is 10.9 Å². The van der Waals surface area contributed by atoms with Crippen LogP contribution in [0.25, 0.3) is 10.8 Å². The van der Waals surface area contributed by atoms with Crippen molar-refractivity contribution in [3.05, 3.63) is 41.2 Å². The first-order chi connectivity index (χ1) is 10.2. The van der Waals surface area contributed by atoms with Gasteiger partial charge in [0.25, 0.3) is 5.91 Å². The predicted molar refractivity (Wildman–Crippen MR) is 84.2 cm³/mol. The van der Waals surface area contributed by atoms with Crippen LogP contribution in [0.1, 0.15) is 23.2 Å². The molecule has 1 amide bonds. The SMILES string of the molecule is C#CCN(CC1CC1)C(=O)c1cnc(Cl)c2ccccc12. The molecule has 1 heterocycles. The van der Waals surface area contributed by atoms with Gasteiger partial charge < -0.3 is 4.90 Å². The molecule has 1 fully saturated rings. The monoisotopic (exact) mass is 298 g/mol. The van der Waals surface area contributed by atoms with E-state index in [4.69, 9.17) is 18.0 Å². The van der Waals surface area contributed by atoms with Crippen molar-refractivity contribution in [3.63, 3.8) is 0 Å². The third-order valence-electron chi connectivity index (χ3n) is 3.72. The second-order valence-electron chi connectivity index (χ2n) is 5.34. The van der Waals surface area contributed by atoms with Gasteiger partial charge in [-0.1, -0.05) is 41.8 Å². The minimum absolute atomic E-state index is 0.0692. The van der Waals surface area contributed by atoms with Gasteiger partial charge in [-0.2, -0.15) is 0 Å². The highest BCUT2D eigenvalue weighted by molar-refractivity contribution is 6.34. The number of amides is 1. The van der Waals surface area contributed by atoms with E-state index >= 15 is 0 Å². The summed E-state index contributed by atoms with van der Waals surface area (Å²) >= 11 is 6.10. The molecule has 0 aliphatic heterocycles. The molecule has 1 aromatic carbocycles. The lowest BCUT2D eigenvalue weighted by Gasteiger charge is -2.21. The summed E-state index contributed by atoms with van der Waals surface area (Å²) in [6.45, 7) is 1.05. The molecule has 1 saturated carbocycles. The van der Waals surface area contributed by atoms with Gasteiger partial charge in [0.15, 0.2) is 0 Å². The Hall–Kier alpha value is -2.05. The molecule has 0 saturated heterocycles. The predicted octanol–water partition coefficient (Wildman–Crippen LogP) is 3.37. The van der Waals surface area contributed by atoms with Gasteiger partial charge >= 0.3 is 0 Å². The maximum absolute atomic E-state index is 12.8. The Labute approximate surface area is 128 Å². The van der Waals surface area contributed by atoms with Crippen molar-refractivity contribution in [2.75, 3.05) is 13.1 Å². The number of fused-ring (bicyclic) bond motifs is 1. The minimum Gasteiger partial charge on any atom is -0.327 e. The van der Waals surface area contributed by atoms with Crippen LogP contribution in [0.2, 0.25) is 5.15 Å². The molecule has 21 heavy (non-hydrogen) atoms. The number of carbonyl (C=O) groups excluding carboxylic acids is 1. The number of hydrogen-bond acceptors (Lipinski definition) is 2. The van der Waals surface area contributed by atoms with Crippen LogP contribution in [-0.4, -0.2) is 28.9 Å². The molecule has 0 N–H and O–H groups in total. The highest BCUT2D eigenvalue weighted by Crippen LogP contribution is 2.31. The highest BCUT2D eigenvalue weighted by atomic mass is 35.5. The number of carbonyl (C=O) groups is 1. The lowest BCUT2D eigenvalue weighted by molar-refractivity contribution is 0.0771. The number of aromatic nitrogens is 1. The summed E-state index contributed by atoms with van der Waals surface area (Å²) in [6, 6.07) is 7.53. The van der Waals surface area contributed by atoms with Crippen LogP contribution in [0.3, 0.4) is 0 Å². The molecule has 2 aromatic rings. The van der Waals surface area contributed by atoms with Crippen molar-refractivity contribution < 1.29 is 4.79 Å². The van der Waals surface area contributed by atoms with E-state index in [1.165, 1.54) is 12.8 Å². The number of terminal acetylenes is 1. The van der Waals surface area contributed by atoms with Gasteiger partial charge in [-0.15, -0.1) is 6.42 Å². The Morgan fingerprint density at radius 1 is 1.38 bits per heavy atom. The average Bonchev–Trinajstić information content (AvgIpc) is 3.31. The van der Waals surface area contributed by atoms with Crippen LogP contribution >= 0.6 is 11.6 Å². The fourth-order valence-electron chi connectivity index (χ4n) is 2.44. The zero-order valence-corrected chi connectivity index (χ0v) is 12.3. The molecular formula is C17H15ClN2O. The molecule has 3 rings (SSSR count). The van der Waals surface area contributed by atoms with Crippen molar-refractivity contribution in [2.45, 2.75) is 12.8 Å². The Balaban J connectivity index is 2.00. The Kier molecular flexibility index (Phi) is 3.81. The largest absolute Gasteiger partial charge is 0.327 e. The number of pyridine rings is 1. The number of nitrogens with zero attached hydrogens (tertiary/aromatic N) is 2. The quantitative estimate of drug-likeness (QED) is 0.640. The van der Waals surface area contributed by atoms with Gasteiger partial charge in [-0.25, -0.2) is 4.98 Å². The summed E-state index contributed by atoms with van der Waals surface area (Å²) in [7, 11) is 0. The molecule has 1 aliphatic rings. The second-order valence-corrected chi connectivity index (χ2v) is 5.70. The maximum Gasteiger partial charge on any atom is 0.256 e. The first kappa shape index (κ1) is 13.9. The zero-order chi connectivity index (χ0) is 14.8. The summed E-state index contributed by atoms with van der Waals surface area (Å²) in [6.07, 6.45) is 9.29. The first-order valence-corrected chi connectivity index (χ1v) is 7.34. The molecule has 4 heteroatoms. The van der Waals surface area contributed by atoms with Crippen molar-refractivity contribution in [1.82, 2.24) is 9.88 Å². The third-order valence-corrected chi connectivity index (χ3v) is 4.02. The van der Waals surface area contributed by atoms with E-state index in [9.17, 15) is 4.79 Å². The highest BCUT2D eigenvalue weighted by Gasteiger charge is 2.27. The molecule has 1 aromatic heterocycles. The van der Waals surface area contributed by atoms with Crippen LogP contribution in [0.4, 0.5) is 0 Å². The fraction of sp³-hybridized carbons (Fsp3) is 0.294. The van der Waals surface area contributed by atoms with Crippen LogP contribution in [0, 0.1) is 18.3 Å². The maximum atomic E-state index is 12.8. The lowest BCUT2D eigenvalue weighted by Crippen LogP contribution is -2.33. The molecule has 1 aliphatic carbocycles. The molecule has 0 spiro atoms. The molecule has 0 atom stereocenters. The molecular weight excluding hydrogens is 284 g/mol. The van der Waals surface area contributed by atoms with E-state index in [-0.39, 0.29) is 5.91 Å². The molecule has 3 nitrogen and oxygen atoms in total. The van der Waals surface area contributed by atoms with E-state index in [0.29, 0.717) is 23.2 Å². The van der Waals surface area contributed by atoms with E-state index < -0.39 is 0 Å². The van der Waals surface area contributed by atoms with E-state index in [1.54, 1.807) is 11.1 Å². The van der Waals surface area contributed by atoms with E-state index in [1.807, 2.05) is 24.3 Å². The van der Waals surface area contributed by atoms with Gasteiger partial charge in [-0.05, 0) is 24.1 Å².